The Hall–Kier alpha value is -1.74. The maximum atomic E-state index is 9.92. The Kier molecular flexibility index (Phi) is 4.22. The zero-order valence-electron chi connectivity index (χ0n) is 9.66. The molecule has 2 aromatic rings. The number of aryl methyl sites for hydroxylation is 1. The zero-order valence-corrected chi connectivity index (χ0v) is 9.66. The van der Waals surface area contributed by atoms with Crippen molar-refractivity contribution in [3.63, 3.8) is 0 Å². The topological polar surface area (TPSA) is 46.0 Å². The summed E-state index contributed by atoms with van der Waals surface area (Å²) in [7, 11) is 0. The molecule has 1 unspecified atom stereocenters. The minimum atomic E-state index is -0.313. The van der Waals surface area contributed by atoms with Crippen LogP contribution in [0.1, 0.15) is 17.5 Å². The third-order valence-electron chi connectivity index (χ3n) is 2.71. The van der Waals surface area contributed by atoms with Crippen molar-refractivity contribution < 1.29 is 5.11 Å². The minimum Gasteiger partial charge on any atom is -0.393 e. The molecule has 3 heteroatoms. The molecule has 0 radical (unpaired) electrons. The Morgan fingerprint density at radius 2 is 1.82 bits per heavy atom. The molecular weight excluding hydrogens is 212 g/mol. The predicted molar refractivity (Wildman–Crippen MR) is 66.5 cm³/mol. The number of pyridine rings is 2. The molecule has 88 valence electrons. The molecular formula is C14H16N2O. The number of aliphatic hydroxyl groups excluding tert-OH is 1. The number of aromatic nitrogens is 2. The quantitative estimate of drug-likeness (QED) is 0.851. The van der Waals surface area contributed by atoms with Gasteiger partial charge < -0.3 is 5.11 Å². The van der Waals surface area contributed by atoms with E-state index in [4.69, 9.17) is 0 Å². The van der Waals surface area contributed by atoms with Gasteiger partial charge in [-0.15, -0.1) is 0 Å². The number of rotatable bonds is 5. The fourth-order valence-electron chi connectivity index (χ4n) is 1.78. The summed E-state index contributed by atoms with van der Waals surface area (Å²) in [5.41, 5.74) is 2.29. The molecule has 0 aliphatic rings. The van der Waals surface area contributed by atoms with Gasteiger partial charge in [0.05, 0.1) is 6.10 Å². The lowest BCUT2D eigenvalue weighted by molar-refractivity contribution is 0.165. The first-order valence-electron chi connectivity index (χ1n) is 5.80. The Labute approximate surface area is 101 Å². The van der Waals surface area contributed by atoms with Crippen LogP contribution < -0.4 is 0 Å². The first-order valence-corrected chi connectivity index (χ1v) is 5.80. The summed E-state index contributed by atoms with van der Waals surface area (Å²) in [5, 5.41) is 9.92. The van der Waals surface area contributed by atoms with Gasteiger partial charge in [0.2, 0.25) is 0 Å². The minimum absolute atomic E-state index is 0.313. The van der Waals surface area contributed by atoms with Crippen molar-refractivity contribution in [3.05, 3.63) is 60.2 Å². The Bertz CT molecular complexity index is 430. The summed E-state index contributed by atoms with van der Waals surface area (Å²) in [5.74, 6) is 0. The van der Waals surface area contributed by atoms with Gasteiger partial charge in [-0.1, -0.05) is 6.07 Å². The Morgan fingerprint density at radius 1 is 1.00 bits per heavy atom. The first kappa shape index (κ1) is 11.7. The van der Waals surface area contributed by atoms with Gasteiger partial charge in [0.25, 0.3) is 0 Å². The second-order valence-corrected chi connectivity index (χ2v) is 4.11. The van der Waals surface area contributed by atoms with Crippen molar-refractivity contribution >= 4 is 0 Å². The molecule has 0 bridgehead atoms. The molecule has 0 aromatic carbocycles. The van der Waals surface area contributed by atoms with Crippen molar-refractivity contribution in [2.75, 3.05) is 0 Å². The van der Waals surface area contributed by atoms with Gasteiger partial charge in [-0.2, -0.15) is 0 Å². The van der Waals surface area contributed by atoms with Gasteiger partial charge >= 0.3 is 0 Å². The van der Waals surface area contributed by atoms with Crippen molar-refractivity contribution in [1.29, 1.82) is 0 Å². The number of nitrogens with zero attached hydrogens (tertiary/aromatic N) is 2. The molecule has 17 heavy (non-hydrogen) atoms. The summed E-state index contributed by atoms with van der Waals surface area (Å²) < 4.78 is 0. The molecule has 2 rings (SSSR count). The second kappa shape index (κ2) is 6.11. The fourth-order valence-corrected chi connectivity index (χ4v) is 1.78. The largest absolute Gasteiger partial charge is 0.393 e. The van der Waals surface area contributed by atoms with Crippen molar-refractivity contribution in [2.24, 2.45) is 0 Å². The summed E-state index contributed by atoms with van der Waals surface area (Å²) in [6, 6.07) is 7.85. The van der Waals surface area contributed by atoms with Crippen LogP contribution in [0.3, 0.4) is 0 Å². The summed E-state index contributed by atoms with van der Waals surface area (Å²) in [6.45, 7) is 0. The number of hydrogen-bond acceptors (Lipinski definition) is 3. The normalized spacial score (nSPS) is 12.3. The van der Waals surface area contributed by atoms with E-state index in [0.717, 1.165) is 18.4 Å². The third kappa shape index (κ3) is 3.96. The van der Waals surface area contributed by atoms with E-state index in [2.05, 4.69) is 9.97 Å². The van der Waals surface area contributed by atoms with Crippen LogP contribution >= 0.6 is 0 Å². The highest BCUT2D eigenvalue weighted by Crippen LogP contribution is 2.08. The lowest BCUT2D eigenvalue weighted by atomic mass is 10.0. The molecule has 1 atom stereocenters. The maximum Gasteiger partial charge on any atom is 0.0584 e. The monoisotopic (exact) mass is 228 g/mol. The van der Waals surface area contributed by atoms with E-state index in [1.807, 2.05) is 24.3 Å². The lowest BCUT2D eigenvalue weighted by Crippen LogP contribution is -2.11. The molecule has 2 heterocycles. The highest BCUT2D eigenvalue weighted by atomic mass is 16.3. The van der Waals surface area contributed by atoms with Gasteiger partial charge in [0.1, 0.15) is 0 Å². The number of aliphatic hydroxyl groups is 1. The molecule has 0 aliphatic carbocycles. The smallest absolute Gasteiger partial charge is 0.0584 e. The van der Waals surface area contributed by atoms with E-state index < -0.39 is 0 Å². The second-order valence-electron chi connectivity index (χ2n) is 4.11. The molecule has 1 N–H and O–H groups in total. The molecule has 0 saturated heterocycles. The highest BCUT2D eigenvalue weighted by molar-refractivity contribution is 5.11. The first-order chi connectivity index (χ1) is 8.34. The van der Waals surface area contributed by atoms with Crippen LogP contribution in [0, 0.1) is 0 Å². The Balaban J connectivity index is 1.80. The average molecular weight is 228 g/mol. The SMILES string of the molecule is OC(CCc1ccncc1)Cc1cccnc1. The van der Waals surface area contributed by atoms with Crippen molar-refractivity contribution in [1.82, 2.24) is 9.97 Å². The number of hydrogen-bond donors (Lipinski definition) is 1. The fraction of sp³-hybridized carbons (Fsp3) is 0.286. The Morgan fingerprint density at radius 3 is 2.53 bits per heavy atom. The van der Waals surface area contributed by atoms with E-state index >= 15 is 0 Å². The molecule has 0 aliphatic heterocycles. The van der Waals surface area contributed by atoms with Crippen LogP contribution in [0.25, 0.3) is 0 Å². The van der Waals surface area contributed by atoms with E-state index in [1.54, 1.807) is 24.8 Å². The molecule has 0 saturated carbocycles. The van der Waals surface area contributed by atoms with Crippen LogP contribution in [-0.4, -0.2) is 21.2 Å². The van der Waals surface area contributed by atoms with Gasteiger partial charge in [-0.3, -0.25) is 9.97 Å². The van der Waals surface area contributed by atoms with Gasteiger partial charge in [-0.05, 0) is 48.6 Å². The van der Waals surface area contributed by atoms with Crippen molar-refractivity contribution in [3.8, 4) is 0 Å². The van der Waals surface area contributed by atoms with E-state index in [-0.39, 0.29) is 6.10 Å². The predicted octanol–water partition coefficient (Wildman–Crippen LogP) is 2.01. The average Bonchev–Trinajstić information content (AvgIpc) is 2.39. The summed E-state index contributed by atoms with van der Waals surface area (Å²) >= 11 is 0. The molecule has 3 nitrogen and oxygen atoms in total. The van der Waals surface area contributed by atoms with Crippen LogP contribution in [-0.2, 0) is 12.8 Å². The maximum absolute atomic E-state index is 9.92. The standard InChI is InChI=1S/C14H16N2O/c17-14(10-13-2-1-7-16-11-13)4-3-12-5-8-15-9-6-12/h1-2,5-9,11,14,17H,3-4,10H2. The van der Waals surface area contributed by atoms with Crippen LogP contribution in [0.4, 0.5) is 0 Å². The van der Waals surface area contributed by atoms with Crippen LogP contribution in [0.15, 0.2) is 49.1 Å². The van der Waals surface area contributed by atoms with E-state index in [1.165, 1.54) is 5.56 Å². The molecule has 2 aromatic heterocycles. The summed E-state index contributed by atoms with van der Waals surface area (Å²) in [4.78, 5) is 8.01. The van der Waals surface area contributed by atoms with Gasteiger partial charge in [0, 0.05) is 24.8 Å². The molecule has 0 amide bonds. The zero-order chi connectivity index (χ0) is 11.9. The highest BCUT2D eigenvalue weighted by Gasteiger charge is 2.05. The van der Waals surface area contributed by atoms with Crippen molar-refractivity contribution in [2.45, 2.75) is 25.4 Å². The van der Waals surface area contributed by atoms with E-state index in [0.29, 0.717) is 6.42 Å². The van der Waals surface area contributed by atoms with E-state index in [9.17, 15) is 5.11 Å². The summed E-state index contributed by atoms with van der Waals surface area (Å²) in [6.07, 6.45) is 9.10. The van der Waals surface area contributed by atoms with Crippen LogP contribution in [0.5, 0.6) is 0 Å². The third-order valence-corrected chi connectivity index (χ3v) is 2.71. The van der Waals surface area contributed by atoms with Gasteiger partial charge in [-0.25, -0.2) is 0 Å². The molecule has 0 spiro atoms. The molecule has 0 fully saturated rings. The van der Waals surface area contributed by atoms with Crippen LogP contribution in [0.2, 0.25) is 0 Å². The van der Waals surface area contributed by atoms with Gasteiger partial charge in [0.15, 0.2) is 0 Å². The lowest BCUT2D eigenvalue weighted by Gasteiger charge is -2.10.